The molecule has 4 nitrogen and oxygen atoms in total. The number of hydrogen-bond donors (Lipinski definition) is 1. The van der Waals surface area contributed by atoms with Crippen molar-refractivity contribution in [2.45, 2.75) is 19.4 Å². The van der Waals surface area contributed by atoms with Crippen LogP contribution in [0.3, 0.4) is 0 Å². The van der Waals surface area contributed by atoms with Gasteiger partial charge in [-0.05, 0) is 31.5 Å². The minimum absolute atomic E-state index is 0.0850. The summed E-state index contributed by atoms with van der Waals surface area (Å²) in [5.74, 6) is 0. The number of nitrogens with zero attached hydrogens (tertiary/aromatic N) is 2. The largest absolute Gasteiger partial charge is 0.315 e. The Morgan fingerprint density at radius 2 is 2.35 bits per heavy atom. The van der Waals surface area contributed by atoms with Crippen molar-refractivity contribution in [1.29, 1.82) is 0 Å². The maximum atomic E-state index is 12.4. The highest BCUT2D eigenvalue weighted by molar-refractivity contribution is 5.80. The van der Waals surface area contributed by atoms with Crippen molar-refractivity contribution in [3.63, 3.8) is 0 Å². The van der Waals surface area contributed by atoms with Gasteiger partial charge in [-0.1, -0.05) is 12.1 Å². The number of aryl methyl sites for hydroxylation is 1. The van der Waals surface area contributed by atoms with Gasteiger partial charge in [-0.3, -0.25) is 9.36 Å². The van der Waals surface area contributed by atoms with E-state index in [9.17, 15) is 4.79 Å². The summed E-state index contributed by atoms with van der Waals surface area (Å²) in [5.41, 5.74) is 1.87. The van der Waals surface area contributed by atoms with Crippen LogP contribution in [-0.4, -0.2) is 22.6 Å². The average Bonchev–Trinajstić information content (AvgIpc) is 2.83. The molecule has 0 radical (unpaired) electrons. The lowest BCUT2D eigenvalue weighted by Gasteiger charge is -2.13. The summed E-state index contributed by atoms with van der Waals surface area (Å²) in [6.07, 6.45) is 2.68. The molecule has 2 aromatic rings. The fourth-order valence-corrected chi connectivity index (χ4v) is 2.48. The van der Waals surface area contributed by atoms with Crippen LogP contribution in [-0.2, 0) is 0 Å². The Bertz CT molecular complexity index is 612. The third-order valence-electron chi connectivity index (χ3n) is 3.45. The number of nitrogens with one attached hydrogen (secondary N) is 1. The molecule has 1 aromatic carbocycles. The van der Waals surface area contributed by atoms with Crippen LogP contribution in [0.25, 0.3) is 10.9 Å². The van der Waals surface area contributed by atoms with E-state index in [4.69, 9.17) is 0 Å². The molecule has 0 amide bonds. The molecule has 1 saturated heterocycles. The molecule has 1 fully saturated rings. The Morgan fingerprint density at radius 1 is 1.47 bits per heavy atom. The Morgan fingerprint density at radius 3 is 3.12 bits per heavy atom. The van der Waals surface area contributed by atoms with Crippen LogP contribution in [0.4, 0.5) is 0 Å². The van der Waals surface area contributed by atoms with Crippen molar-refractivity contribution >= 4 is 10.9 Å². The topological polar surface area (TPSA) is 46.9 Å². The van der Waals surface area contributed by atoms with Crippen LogP contribution in [0.5, 0.6) is 0 Å². The van der Waals surface area contributed by atoms with E-state index in [1.54, 1.807) is 10.9 Å². The van der Waals surface area contributed by atoms with Gasteiger partial charge in [-0.2, -0.15) is 0 Å². The van der Waals surface area contributed by atoms with Crippen molar-refractivity contribution in [3.05, 3.63) is 40.4 Å². The van der Waals surface area contributed by atoms with Gasteiger partial charge >= 0.3 is 0 Å². The maximum absolute atomic E-state index is 12.4. The van der Waals surface area contributed by atoms with E-state index in [0.29, 0.717) is 0 Å². The van der Waals surface area contributed by atoms with Gasteiger partial charge in [0.15, 0.2) is 0 Å². The normalized spacial score (nSPS) is 19.9. The molecule has 3 rings (SSSR count). The van der Waals surface area contributed by atoms with Crippen molar-refractivity contribution in [3.8, 4) is 0 Å². The highest BCUT2D eigenvalue weighted by atomic mass is 16.1. The Balaban J connectivity index is 2.25. The van der Waals surface area contributed by atoms with E-state index in [2.05, 4.69) is 10.3 Å². The van der Waals surface area contributed by atoms with Gasteiger partial charge in [0.2, 0.25) is 0 Å². The van der Waals surface area contributed by atoms with Crippen molar-refractivity contribution in [2.24, 2.45) is 0 Å². The SMILES string of the molecule is Cc1cccc2ncn(C3CCNC3)c(=O)c12. The van der Waals surface area contributed by atoms with E-state index in [0.717, 1.165) is 36.0 Å². The molecular weight excluding hydrogens is 214 g/mol. The number of fused-ring (bicyclic) bond motifs is 1. The molecule has 2 heterocycles. The molecule has 1 aromatic heterocycles. The number of hydrogen-bond acceptors (Lipinski definition) is 3. The van der Waals surface area contributed by atoms with Crippen molar-refractivity contribution in [2.75, 3.05) is 13.1 Å². The van der Waals surface area contributed by atoms with Crippen LogP contribution in [0.2, 0.25) is 0 Å². The third kappa shape index (κ3) is 1.65. The van der Waals surface area contributed by atoms with Crippen LogP contribution in [0.15, 0.2) is 29.3 Å². The minimum atomic E-state index is 0.0850. The molecule has 0 bridgehead atoms. The minimum Gasteiger partial charge on any atom is -0.315 e. The Hall–Kier alpha value is -1.68. The lowest BCUT2D eigenvalue weighted by atomic mass is 10.1. The monoisotopic (exact) mass is 229 g/mol. The standard InChI is InChI=1S/C13H15N3O/c1-9-3-2-4-11-12(9)13(17)16(8-15-11)10-5-6-14-7-10/h2-4,8,10,14H,5-7H2,1H3. The summed E-state index contributed by atoms with van der Waals surface area (Å²) in [6.45, 7) is 3.80. The second-order valence-corrected chi connectivity index (χ2v) is 4.57. The summed E-state index contributed by atoms with van der Waals surface area (Å²) in [5, 5.41) is 4.02. The zero-order valence-corrected chi connectivity index (χ0v) is 9.81. The van der Waals surface area contributed by atoms with Gasteiger partial charge < -0.3 is 5.32 Å². The second-order valence-electron chi connectivity index (χ2n) is 4.57. The highest BCUT2D eigenvalue weighted by Crippen LogP contribution is 2.16. The zero-order valence-electron chi connectivity index (χ0n) is 9.81. The molecule has 4 heteroatoms. The molecule has 1 atom stereocenters. The quantitative estimate of drug-likeness (QED) is 0.800. The van der Waals surface area contributed by atoms with Crippen molar-refractivity contribution < 1.29 is 0 Å². The van der Waals surface area contributed by atoms with Gasteiger partial charge in [0.05, 0.1) is 23.3 Å². The first kappa shape index (κ1) is 10.5. The molecular formula is C13H15N3O. The summed E-state index contributed by atoms with van der Waals surface area (Å²) in [4.78, 5) is 16.8. The molecule has 1 unspecified atom stereocenters. The van der Waals surface area contributed by atoms with Crippen LogP contribution in [0, 0.1) is 6.92 Å². The number of aromatic nitrogens is 2. The fourth-order valence-electron chi connectivity index (χ4n) is 2.48. The summed E-state index contributed by atoms with van der Waals surface area (Å²) < 4.78 is 1.77. The first-order chi connectivity index (χ1) is 8.27. The van der Waals surface area contributed by atoms with Gasteiger partial charge in [0, 0.05) is 6.54 Å². The van der Waals surface area contributed by atoms with Crippen LogP contribution < -0.4 is 10.9 Å². The van der Waals surface area contributed by atoms with E-state index in [1.165, 1.54) is 0 Å². The molecule has 0 saturated carbocycles. The van der Waals surface area contributed by atoms with Crippen LogP contribution >= 0.6 is 0 Å². The lowest BCUT2D eigenvalue weighted by molar-refractivity contribution is 0.525. The van der Waals surface area contributed by atoms with E-state index >= 15 is 0 Å². The van der Waals surface area contributed by atoms with E-state index in [1.807, 2.05) is 25.1 Å². The van der Waals surface area contributed by atoms with Gasteiger partial charge in [-0.25, -0.2) is 4.98 Å². The molecule has 88 valence electrons. The van der Waals surface area contributed by atoms with Crippen LogP contribution in [0.1, 0.15) is 18.0 Å². The summed E-state index contributed by atoms with van der Waals surface area (Å²) in [7, 11) is 0. The van der Waals surface area contributed by atoms with E-state index < -0.39 is 0 Å². The third-order valence-corrected chi connectivity index (χ3v) is 3.45. The molecule has 1 aliphatic rings. The Kier molecular flexibility index (Phi) is 2.44. The molecule has 17 heavy (non-hydrogen) atoms. The lowest BCUT2D eigenvalue weighted by Crippen LogP contribution is -2.27. The van der Waals surface area contributed by atoms with Gasteiger partial charge in [0.25, 0.3) is 5.56 Å². The first-order valence-electron chi connectivity index (χ1n) is 5.94. The predicted octanol–water partition coefficient (Wildman–Crippen LogP) is 1.24. The van der Waals surface area contributed by atoms with Crippen molar-refractivity contribution in [1.82, 2.24) is 14.9 Å². The highest BCUT2D eigenvalue weighted by Gasteiger charge is 2.18. The maximum Gasteiger partial charge on any atom is 0.261 e. The fraction of sp³-hybridized carbons (Fsp3) is 0.385. The average molecular weight is 229 g/mol. The summed E-state index contributed by atoms with van der Waals surface area (Å²) >= 11 is 0. The van der Waals surface area contributed by atoms with Gasteiger partial charge in [-0.15, -0.1) is 0 Å². The molecule has 0 spiro atoms. The molecule has 1 N–H and O–H groups in total. The number of benzene rings is 1. The Labute approximate surface area is 99.3 Å². The first-order valence-corrected chi connectivity index (χ1v) is 5.94. The van der Waals surface area contributed by atoms with Gasteiger partial charge in [0.1, 0.15) is 0 Å². The smallest absolute Gasteiger partial charge is 0.261 e. The predicted molar refractivity (Wildman–Crippen MR) is 67.3 cm³/mol. The van der Waals surface area contributed by atoms with E-state index in [-0.39, 0.29) is 11.6 Å². The number of rotatable bonds is 1. The molecule has 0 aliphatic carbocycles. The zero-order chi connectivity index (χ0) is 11.8. The molecule has 1 aliphatic heterocycles. The summed E-state index contributed by atoms with van der Waals surface area (Å²) in [6, 6.07) is 6.04. The second kappa shape index (κ2) is 3.96.